The topological polar surface area (TPSA) is 169 Å². The van der Waals surface area contributed by atoms with Crippen LogP contribution in [0, 0.1) is 11.7 Å². The van der Waals surface area contributed by atoms with Crippen molar-refractivity contribution in [2.75, 3.05) is 30.3 Å². The minimum Gasteiger partial charge on any atom is -0.457 e. The number of hydrogen-bond donors (Lipinski definition) is 2. The molecule has 11 rings (SSSR count). The third-order valence-corrected chi connectivity index (χ3v) is 13.0. The van der Waals surface area contributed by atoms with Crippen molar-refractivity contribution in [3.8, 4) is 22.8 Å². The van der Waals surface area contributed by atoms with Crippen molar-refractivity contribution >= 4 is 46.4 Å². The molecule has 0 radical (unpaired) electrons. The fourth-order valence-electron chi connectivity index (χ4n) is 10.3. The van der Waals surface area contributed by atoms with Crippen molar-refractivity contribution in [2.45, 2.75) is 81.7 Å². The number of para-hydroxylation sites is 1. The number of nitrogens with zero attached hydrogens (tertiary/aromatic N) is 7. The van der Waals surface area contributed by atoms with Crippen LogP contribution in [0.3, 0.4) is 0 Å². The molecule has 3 N–H and O–H groups in total. The number of piperazine rings is 1. The molecule has 2 amide bonds. The number of aromatic nitrogens is 4. The normalized spacial score (nSPS) is 25.7. The number of rotatable bonds is 10. The molecule has 0 spiro atoms. The molecule has 1 saturated carbocycles. The Labute approximate surface area is 339 Å². The average molecular weight is 798 g/mol. The van der Waals surface area contributed by atoms with E-state index in [4.69, 9.17) is 15.6 Å². The number of hydrogen-bond acceptors (Lipinski definition) is 12. The smallest absolute Gasteiger partial charge is 0.243 e. The van der Waals surface area contributed by atoms with Crippen molar-refractivity contribution in [2.24, 2.45) is 5.92 Å². The summed E-state index contributed by atoms with van der Waals surface area (Å²) in [6.07, 6.45) is 7.09. The van der Waals surface area contributed by atoms with E-state index in [0.717, 1.165) is 85.5 Å². The lowest BCUT2D eigenvalue weighted by Gasteiger charge is -2.58. The highest BCUT2D eigenvalue weighted by Crippen LogP contribution is 2.45. The van der Waals surface area contributed by atoms with Crippen LogP contribution < -0.4 is 20.7 Å². The molecule has 1 aliphatic carbocycles. The summed E-state index contributed by atoms with van der Waals surface area (Å²) in [6, 6.07) is 19.3. The maximum absolute atomic E-state index is 15.9. The lowest BCUT2D eigenvalue weighted by atomic mass is 9.82. The fraction of sp³-hybridized carbons (Fsp3) is 0.386. The van der Waals surface area contributed by atoms with E-state index in [9.17, 15) is 19.2 Å². The van der Waals surface area contributed by atoms with E-state index in [1.165, 1.54) is 12.4 Å². The molecule has 59 heavy (non-hydrogen) atoms. The van der Waals surface area contributed by atoms with Crippen LogP contribution in [0.15, 0.2) is 73.1 Å². The standard InChI is InChI=1S/C44H44FN9O5/c45-34-16-27-20-52(35-14-15-38(57)49-44(35)58)41(37(56)23-55)33(27)18-36(34)53-29-17-30(53)22-51(21-29)19-25-6-10-28(11-7-25)54-43-39(42(46)47-24-48-43)40(50-54)26-8-12-32(13-9-26)59-31-4-2-1-3-5-31/h1-5,8-9,12-13,16,18,23-25,28-30,35,41H,6-7,10-11,14-15,17,19-22H2,(H2,46,47,48)(H,49,57,58). The second-order valence-electron chi connectivity index (χ2n) is 16.6. The van der Waals surface area contributed by atoms with Gasteiger partial charge in [0, 0.05) is 50.2 Å². The van der Waals surface area contributed by atoms with Gasteiger partial charge in [-0.3, -0.25) is 34.3 Å². The zero-order valence-electron chi connectivity index (χ0n) is 32.4. The number of nitrogens with one attached hydrogen (secondary N) is 1. The number of anilines is 2. The zero-order valence-corrected chi connectivity index (χ0v) is 32.4. The molecule has 5 aromatic rings. The Bertz CT molecular complexity index is 2460. The molecule has 3 aromatic carbocycles. The number of carbonyl (C=O) groups excluding carboxylic acids is 4. The Balaban J connectivity index is 0.792. The van der Waals surface area contributed by atoms with E-state index in [-0.39, 0.29) is 55.5 Å². The number of nitrogens with two attached hydrogens (primary N) is 1. The Kier molecular flexibility index (Phi) is 9.43. The van der Waals surface area contributed by atoms with E-state index in [2.05, 4.69) is 25.1 Å². The quantitative estimate of drug-likeness (QED) is 0.109. The van der Waals surface area contributed by atoms with Gasteiger partial charge in [0.2, 0.25) is 17.6 Å². The number of halogens is 1. The molecule has 5 aliphatic heterocycles. The number of ether oxygens (including phenoxy) is 1. The van der Waals surface area contributed by atoms with Crippen molar-refractivity contribution in [3.63, 3.8) is 0 Å². The first kappa shape index (κ1) is 37.2. The van der Waals surface area contributed by atoms with Gasteiger partial charge >= 0.3 is 0 Å². The molecule has 15 heteroatoms. The number of Topliss-reactive ketones (excluding diaryl/α,β-unsaturated/α-hetero) is 1. The first-order valence-electron chi connectivity index (χ1n) is 20.5. The molecule has 302 valence electrons. The fourth-order valence-corrected chi connectivity index (χ4v) is 10.3. The third kappa shape index (κ3) is 6.71. The minimum absolute atomic E-state index is 0.128. The highest BCUT2D eigenvalue weighted by atomic mass is 19.1. The summed E-state index contributed by atoms with van der Waals surface area (Å²) < 4.78 is 24.0. The zero-order chi connectivity index (χ0) is 40.4. The number of nitrogen functional groups attached to an aromatic ring is 1. The summed E-state index contributed by atoms with van der Waals surface area (Å²) in [6.45, 7) is 2.73. The maximum Gasteiger partial charge on any atom is 0.243 e. The van der Waals surface area contributed by atoms with Crippen LogP contribution in [0.5, 0.6) is 11.5 Å². The predicted octanol–water partition coefficient (Wildman–Crippen LogP) is 5.13. The summed E-state index contributed by atoms with van der Waals surface area (Å²) in [5, 5.41) is 8.20. The highest BCUT2D eigenvalue weighted by molar-refractivity contribution is 6.27. The van der Waals surface area contributed by atoms with Crippen LogP contribution in [0.1, 0.15) is 68.2 Å². The van der Waals surface area contributed by atoms with Gasteiger partial charge in [0.15, 0.2) is 11.9 Å². The van der Waals surface area contributed by atoms with Crippen LogP contribution >= 0.6 is 0 Å². The molecular formula is C44H44FN9O5. The number of aldehydes is 1. The largest absolute Gasteiger partial charge is 0.457 e. The summed E-state index contributed by atoms with van der Waals surface area (Å²) >= 11 is 0. The van der Waals surface area contributed by atoms with Gasteiger partial charge in [-0.2, -0.15) is 5.10 Å². The van der Waals surface area contributed by atoms with Gasteiger partial charge in [0.25, 0.3) is 0 Å². The number of benzene rings is 3. The van der Waals surface area contributed by atoms with Crippen LogP contribution in [-0.4, -0.2) is 91.2 Å². The molecule has 2 bridgehead atoms. The number of piperidine rings is 2. The van der Waals surface area contributed by atoms with E-state index < -0.39 is 23.8 Å². The van der Waals surface area contributed by atoms with Crippen molar-refractivity contribution in [3.05, 3.63) is 90.0 Å². The second-order valence-corrected chi connectivity index (χ2v) is 16.6. The maximum atomic E-state index is 15.9. The summed E-state index contributed by atoms with van der Waals surface area (Å²) in [7, 11) is 0. The molecule has 4 unspecified atom stereocenters. The van der Waals surface area contributed by atoms with E-state index in [1.807, 2.05) is 59.3 Å². The lowest BCUT2D eigenvalue weighted by Crippen LogP contribution is -2.69. The highest BCUT2D eigenvalue weighted by Gasteiger charge is 2.48. The first-order valence-corrected chi connectivity index (χ1v) is 20.5. The van der Waals surface area contributed by atoms with Crippen molar-refractivity contribution < 1.29 is 28.3 Å². The van der Waals surface area contributed by atoms with E-state index >= 15 is 4.39 Å². The summed E-state index contributed by atoms with van der Waals surface area (Å²) in [4.78, 5) is 64.6. The molecule has 7 heterocycles. The molecule has 5 fully saturated rings. The van der Waals surface area contributed by atoms with E-state index in [1.54, 1.807) is 11.0 Å². The Morgan fingerprint density at radius 2 is 1.68 bits per heavy atom. The van der Waals surface area contributed by atoms with Crippen molar-refractivity contribution in [1.29, 1.82) is 0 Å². The van der Waals surface area contributed by atoms with Gasteiger partial charge in [0.05, 0.1) is 23.2 Å². The SMILES string of the molecule is Nc1ncnc2c1c(-c1ccc(Oc3ccccc3)cc1)nn2C1CCC(CN2CC3CC(C2)N3c2cc3c(cc2F)CN(C2CCC(=O)NC2=O)C3C(=O)C=O)CC1. The molecule has 6 aliphatic rings. The van der Waals surface area contributed by atoms with Gasteiger partial charge < -0.3 is 15.4 Å². The molecule has 2 aromatic heterocycles. The number of imide groups is 1. The Morgan fingerprint density at radius 3 is 2.41 bits per heavy atom. The Morgan fingerprint density at radius 1 is 0.932 bits per heavy atom. The Hall–Kier alpha value is -6.06. The predicted molar refractivity (Wildman–Crippen MR) is 216 cm³/mol. The van der Waals surface area contributed by atoms with E-state index in [0.29, 0.717) is 28.6 Å². The molecule has 14 nitrogen and oxygen atoms in total. The van der Waals surface area contributed by atoms with Gasteiger partial charge in [-0.05, 0) is 104 Å². The van der Waals surface area contributed by atoms with Gasteiger partial charge in [0.1, 0.15) is 41.2 Å². The summed E-state index contributed by atoms with van der Waals surface area (Å²) in [5.74, 6) is 0.477. The van der Waals surface area contributed by atoms with Gasteiger partial charge in [-0.1, -0.05) is 18.2 Å². The average Bonchev–Trinajstić information content (AvgIpc) is 3.81. The van der Waals surface area contributed by atoms with Crippen LogP contribution in [0.2, 0.25) is 0 Å². The van der Waals surface area contributed by atoms with Crippen molar-refractivity contribution in [1.82, 2.24) is 34.9 Å². The second kappa shape index (κ2) is 15.0. The van der Waals surface area contributed by atoms with Crippen LogP contribution in [-0.2, 0) is 25.7 Å². The lowest BCUT2D eigenvalue weighted by molar-refractivity contribution is -0.141. The minimum atomic E-state index is -0.999. The first-order chi connectivity index (χ1) is 28.7. The van der Waals surface area contributed by atoms with Gasteiger partial charge in [-0.25, -0.2) is 19.0 Å². The van der Waals surface area contributed by atoms with Gasteiger partial charge in [-0.15, -0.1) is 0 Å². The number of fused-ring (bicyclic) bond motifs is 4. The summed E-state index contributed by atoms with van der Waals surface area (Å²) in [5.41, 5.74) is 10.4. The van der Waals surface area contributed by atoms with Crippen LogP contribution in [0.4, 0.5) is 15.9 Å². The third-order valence-electron chi connectivity index (χ3n) is 13.0. The monoisotopic (exact) mass is 797 g/mol. The molecular weight excluding hydrogens is 754 g/mol. The number of carbonyl (C=O) groups is 4. The molecule has 4 saturated heterocycles. The number of amides is 2. The number of ketones is 1. The van der Waals surface area contributed by atoms with Crippen LogP contribution in [0.25, 0.3) is 22.3 Å². The molecule has 4 atom stereocenters.